The molecule has 3 rings (SSSR count). The molecule has 0 fully saturated rings. The number of fused-ring (bicyclic) bond motifs is 1. The van der Waals surface area contributed by atoms with Crippen LogP contribution in [-0.2, 0) is 9.59 Å². The molecule has 2 aromatic carbocycles. The van der Waals surface area contributed by atoms with Crippen LogP contribution in [0.5, 0.6) is 0 Å². The maximum absolute atomic E-state index is 12.1. The summed E-state index contributed by atoms with van der Waals surface area (Å²) in [5.74, 6) is -0.760. The summed E-state index contributed by atoms with van der Waals surface area (Å²) in [6.07, 6.45) is 7.13. The standard InChI is InChI=1S/C23H21N3O4/c1-25(2)19-8-6-18(23(14-19)26(29)30)7-10-21(28)15-20(27)9-4-16-3-5-17-11-12-24-22(17)13-16/h3-14,24H,15H2,1-2H3. The smallest absolute Gasteiger partial charge is 0.278 e. The molecular formula is C23H21N3O4. The number of allylic oxidation sites excluding steroid dienone is 2. The molecule has 30 heavy (non-hydrogen) atoms. The van der Waals surface area contributed by atoms with Gasteiger partial charge in [0, 0.05) is 37.6 Å². The van der Waals surface area contributed by atoms with Gasteiger partial charge in [0.1, 0.15) is 0 Å². The first kappa shape index (κ1) is 20.7. The second-order valence-corrected chi connectivity index (χ2v) is 7.00. The Kier molecular flexibility index (Phi) is 6.22. The van der Waals surface area contributed by atoms with Crippen molar-refractivity contribution in [3.63, 3.8) is 0 Å². The zero-order valence-electron chi connectivity index (χ0n) is 16.7. The summed E-state index contributed by atoms with van der Waals surface area (Å²) in [4.78, 5) is 39.9. The van der Waals surface area contributed by atoms with Crippen LogP contribution in [0.15, 0.2) is 60.8 Å². The third-order valence-electron chi connectivity index (χ3n) is 4.57. The van der Waals surface area contributed by atoms with Crippen LogP contribution in [0, 0.1) is 10.1 Å². The number of nitrogens with zero attached hydrogens (tertiary/aromatic N) is 2. The molecule has 1 heterocycles. The monoisotopic (exact) mass is 403 g/mol. The van der Waals surface area contributed by atoms with Crippen LogP contribution in [0.3, 0.4) is 0 Å². The number of hydrogen-bond donors (Lipinski definition) is 1. The topological polar surface area (TPSA) is 96.3 Å². The van der Waals surface area contributed by atoms with Crippen molar-refractivity contribution in [2.24, 2.45) is 0 Å². The number of carbonyl (C=O) groups is 2. The Labute approximate surface area is 173 Å². The van der Waals surface area contributed by atoms with E-state index >= 15 is 0 Å². The van der Waals surface area contributed by atoms with Gasteiger partial charge in [0.2, 0.25) is 0 Å². The van der Waals surface area contributed by atoms with Gasteiger partial charge in [-0.1, -0.05) is 18.2 Å². The van der Waals surface area contributed by atoms with Crippen molar-refractivity contribution in [2.45, 2.75) is 6.42 Å². The van der Waals surface area contributed by atoms with Crippen molar-refractivity contribution in [1.29, 1.82) is 0 Å². The number of aromatic amines is 1. The molecule has 152 valence electrons. The molecule has 0 bridgehead atoms. The molecule has 3 aromatic rings. The van der Waals surface area contributed by atoms with Crippen molar-refractivity contribution in [3.8, 4) is 0 Å². The maximum Gasteiger partial charge on any atom is 0.278 e. The predicted molar refractivity (Wildman–Crippen MR) is 118 cm³/mol. The fourth-order valence-electron chi connectivity index (χ4n) is 2.94. The molecule has 0 atom stereocenters. The van der Waals surface area contributed by atoms with Crippen molar-refractivity contribution in [3.05, 3.63) is 82.1 Å². The first-order valence-electron chi connectivity index (χ1n) is 9.28. The Hall–Kier alpha value is -4.00. The van der Waals surface area contributed by atoms with Gasteiger partial charge < -0.3 is 9.88 Å². The van der Waals surface area contributed by atoms with Gasteiger partial charge in [-0.25, -0.2) is 0 Å². The Bertz CT molecular complexity index is 1170. The van der Waals surface area contributed by atoms with Crippen LogP contribution in [-0.4, -0.2) is 35.6 Å². The number of carbonyl (C=O) groups excluding carboxylic acids is 2. The van der Waals surface area contributed by atoms with Gasteiger partial charge in [0.25, 0.3) is 5.69 Å². The van der Waals surface area contributed by atoms with Crippen molar-refractivity contribution >= 4 is 46.0 Å². The van der Waals surface area contributed by atoms with E-state index < -0.39 is 10.7 Å². The van der Waals surface area contributed by atoms with E-state index in [1.807, 2.05) is 30.5 Å². The number of nitro groups is 1. The summed E-state index contributed by atoms with van der Waals surface area (Å²) in [7, 11) is 3.57. The lowest BCUT2D eigenvalue weighted by molar-refractivity contribution is -0.385. The largest absolute Gasteiger partial charge is 0.377 e. The minimum Gasteiger partial charge on any atom is -0.377 e. The lowest BCUT2D eigenvalue weighted by atomic mass is 10.1. The predicted octanol–water partition coefficient (Wildman–Crippen LogP) is 4.40. The number of nitro benzene ring substituents is 1. The highest BCUT2D eigenvalue weighted by Gasteiger charge is 2.14. The minimum atomic E-state index is -0.494. The zero-order chi connectivity index (χ0) is 21.7. The molecule has 0 saturated carbocycles. The zero-order valence-corrected chi connectivity index (χ0v) is 16.7. The summed E-state index contributed by atoms with van der Waals surface area (Å²) in [6.45, 7) is 0. The number of anilines is 1. The van der Waals surface area contributed by atoms with Crippen molar-refractivity contribution < 1.29 is 14.5 Å². The molecular weight excluding hydrogens is 382 g/mol. The molecule has 1 aromatic heterocycles. The highest BCUT2D eigenvalue weighted by atomic mass is 16.6. The summed E-state index contributed by atoms with van der Waals surface area (Å²) in [6, 6.07) is 12.5. The first-order valence-corrected chi connectivity index (χ1v) is 9.28. The van der Waals surface area contributed by atoms with Crippen molar-refractivity contribution in [2.75, 3.05) is 19.0 Å². The molecule has 0 aliphatic heterocycles. The van der Waals surface area contributed by atoms with Crippen LogP contribution < -0.4 is 4.90 Å². The first-order chi connectivity index (χ1) is 14.3. The Morgan fingerprint density at radius 3 is 2.47 bits per heavy atom. The second kappa shape index (κ2) is 9.00. The molecule has 0 amide bonds. The quantitative estimate of drug-likeness (QED) is 0.260. The molecule has 7 nitrogen and oxygen atoms in total. The molecule has 0 radical (unpaired) electrons. The third kappa shape index (κ3) is 5.08. The third-order valence-corrected chi connectivity index (χ3v) is 4.57. The van der Waals surface area contributed by atoms with Gasteiger partial charge in [0.05, 0.1) is 16.9 Å². The number of aromatic nitrogens is 1. The Morgan fingerprint density at radius 1 is 1.03 bits per heavy atom. The molecule has 0 saturated heterocycles. The molecule has 0 aliphatic carbocycles. The van der Waals surface area contributed by atoms with Gasteiger partial charge >= 0.3 is 0 Å². The Morgan fingerprint density at radius 2 is 1.77 bits per heavy atom. The lowest BCUT2D eigenvalue weighted by Gasteiger charge is -2.12. The fraction of sp³-hybridized carbons (Fsp3) is 0.130. The van der Waals surface area contributed by atoms with Crippen LogP contribution in [0.2, 0.25) is 0 Å². The van der Waals surface area contributed by atoms with Crippen LogP contribution in [0.25, 0.3) is 23.1 Å². The highest BCUT2D eigenvalue weighted by molar-refractivity contribution is 6.11. The summed E-state index contributed by atoms with van der Waals surface area (Å²) in [5.41, 5.74) is 2.70. The van der Waals surface area contributed by atoms with Gasteiger partial charge in [-0.3, -0.25) is 19.7 Å². The van der Waals surface area contributed by atoms with Crippen LogP contribution in [0.4, 0.5) is 11.4 Å². The number of benzene rings is 2. The number of rotatable bonds is 8. The highest BCUT2D eigenvalue weighted by Crippen LogP contribution is 2.25. The summed E-state index contributed by atoms with van der Waals surface area (Å²) < 4.78 is 0. The molecule has 1 N–H and O–H groups in total. The van der Waals surface area contributed by atoms with Gasteiger partial charge in [-0.05, 0) is 53.4 Å². The SMILES string of the molecule is CN(C)c1ccc(C=CC(=O)CC(=O)C=Cc2ccc3cc[nH]c3c2)c([N+](=O)[O-])c1. The molecule has 0 unspecified atom stereocenters. The number of H-pyrrole nitrogens is 1. The lowest BCUT2D eigenvalue weighted by Crippen LogP contribution is -2.09. The van der Waals surface area contributed by atoms with Gasteiger partial charge in [0.15, 0.2) is 11.6 Å². The van der Waals surface area contributed by atoms with E-state index in [2.05, 4.69) is 4.98 Å². The van der Waals surface area contributed by atoms with E-state index in [1.54, 1.807) is 37.2 Å². The van der Waals surface area contributed by atoms with E-state index in [-0.39, 0.29) is 17.9 Å². The number of ketones is 2. The van der Waals surface area contributed by atoms with Gasteiger partial charge in [-0.15, -0.1) is 0 Å². The van der Waals surface area contributed by atoms with Crippen LogP contribution in [0.1, 0.15) is 17.5 Å². The van der Waals surface area contributed by atoms with Crippen LogP contribution >= 0.6 is 0 Å². The molecule has 7 heteroatoms. The summed E-state index contributed by atoms with van der Waals surface area (Å²) >= 11 is 0. The van der Waals surface area contributed by atoms with E-state index in [0.29, 0.717) is 11.3 Å². The van der Waals surface area contributed by atoms with Gasteiger partial charge in [-0.2, -0.15) is 0 Å². The Balaban J connectivity index is 1.65. The minimum absolute atomic E-state index is 0.101. The average Bonchev–Trinajstić information content (AvgIpc) is 3.18. The van der Waals surface area contributed by atoms with E-state index in [4.69, 9.17) is 0 Å². The second-order valence-electron chi connectivity index (χ2n) is 7.00. The molecule has 0 aliphatic rings. The fourth-order valence-corrected chi connectivity index (χ4v) is 2.94. The average molecular weight is 403 g/mol. The number of hydrogen-bond acceptors (Lipinski definition) is 5. The normalized spacial score (nSPS) is 11.4. The van der Waals surface area contributed by atoms with E-state index in [9.17, 15) is 19.7 Å². The van der Waals surface area contributed by atoms with E-state index in [0.717, 1.165) is 16.5 Å². The van der Waals surface area contributed by atoms with Crippen molar-refractivity contribution in [1.82, 2.24) is 4.98 Å². The molecule has 0 spiro atoms. The maximum atomic E-state index is 12.1. The number of nitrogens with one attached hydrogen (secondary N) is 1. The van der Waals surface area contributed by atoms with E-state index in [1.165, 1.54) is 24.3 Å². The summed E-state index contributed by atoms with van der Waals surface area (Å²) in [5, 5.41) is 12.4.